The second kappa shape index (κ2) is 9.40. The zero-order chi connectivity index (χ0) is 21.0. The van der Waals surface area contributed by atoms with Crippen LogP contribution in [0.4, 0.5) is 10.1 Å². The lowest BCUT2D eigenvalue weighted by atomic mass is 10.0. The third kappa shape index (κ3) is 5.57. The Kier molecular flexibility index (Phi) is 6.91. The molecular formula is C24H24ClFN2S. The Morgan fingerprint density at radius 2 is 1.90 bits per heavy atom. The van der Waals surface area contributed by atoms with E-state index in [2.05, 4.69) is 36.8 Å². The molecule has 0 bridgehead atoms. The number of nitrogens with two attached hydrogens (primary N) is 1. The Morgan fingerprint density at radius 1 is 1.14 bits per heavy atom. The molecule has 0 amide bonds. The van der Waals surface area contributed by atoms with Gasteiger partial charge >= 0.3 is 0 Å². The van der Waals surface area contributed by atoms with Crippen molar-refractivity contribution in [1.82, 2.24) is 0 Å². The summed E-state index contributed by atoms with van der Waals surface area (Å²) in [6.07, 6.45) is 1.06. The zero-order valence-electron chi connectivity index (χ0n) is 16.3. The Balaban J connectivity index is 1.85. The molecule has 1 atom stereocenters. The number of hydrogen-bond donors (Lipinski definition) is 2. The second-order valence-electron chi connectivity index (χ2n) is 7.00. The van der Waals surface area contributed by atoms with Crippen LogP contribution in [-0.2, 0) is 12.8 Å². The first kappa shape index (κ1) is 21.3. The molecule has 3 aromatic rings. The number of halogens is 2. The number of nitrogens with one attached hydrogen (secondary N) is 1. The minimum absolute atomic E-state index is 0.319. The van der Waals surface area contributed by atoms with E-state index in [1.807, 2.05) is 36.4 Å². The Bertz CT molecular complexity index is 1080. The molecule has 0 aliphatic rings. The molecule has 0 radical (unpaired) electrons. The summed E-state index contributed by atoms with van der Waals surface area (Å²) >= 11 is 6.06. The topological polar surface area (TPSA) is 38.0 Å². The Labute approximate surface area is 179 Å². The maximum absolute atomic E-state index is 15.0. The highest BCUT2D eigenvalue weighted by molar-refractivity contribution is 8.12. The summed E-state index contributed by atoms with van der Waals surface area (Å²) in [6, 6.07) is 18.9. The smallest absolute Gasteiger partial charge is 0.129 e. The summed E-state index contributed by atoms with van der Waals surface area (Å²) in [5.74, 6) is 3.61. The van der Waals surface area contributed by atoms with Crippen LogP contribution in [0.3, 0.4) is 0 Å². The molecule has 0 fully saturated rings. The van der Waals surface area contributed by atoms with Gasteiger partial charge in [-0.3, -0.25) is 5.14 Å². The fourth-order valence-electron chi connectivity index (χ4n) is 3.23. The molecule has 0 saturated heterocycles. The first-order valence-corrected chi connectivity index (χ1v) is 11.0. The molecule has 0 aliphatic carbocycles. The van der Waals surface area contributed by atoms with E-state index in [4.69, 9.17) is 16.7 Å². The predicted octanol–water partition coefficient (Wildman–Crippen LogP) is 6.48. The highest BCUT2D eigenvalue weighted by Crippen LogP contribution is 2.31. The highest BCUT2D eigenvalue weighted by Gasteiger charge is 2.14. The summed E-state index contributed by atoms with van der Waals surface area (Å²) in [5, 5.41) is 9.93. The van der Waals surface area contributed by atoms with Crippen LogP contribution in [0.25, 0.3) is 0 Å². The average Bonchev–Trinajstić information content (AvgIpc) is 2.65. The van der Waals surface area contributed by atoms with Crippen LogP contribution < -0.4 is 10.5 Å². The number of hydrogen-bond acceptors (Lipinski definition) is 2. The molecule has 0 aliphatic heterocycles. The van der Waals surface area contributed by atoms with Crippen LogP contribution in [0.5, 0.6) is 0 Å². The van der Waals surface area contributed by atoms with Gasteiger partial charge in [-0.1, -0.05) is 71.1 Å². The van der Waals surface area contributed by atoms with Gasteiger partial charge in [0.1, 0.15) is 5.82 Å². The number of anilines is 1. The van der Waals surface area contributed by atoms with Gasteiger partial charge in [0, 0.05) is 39.7 Å². The van der Waals surface area contributed by atoms with Crippen molar-refractivity contribution in [3.05, 3.63) is 106 Å². The van der Waals surface area contributed by atoms with Crippen molar-refractivity contribution in [2.45, 2.75) is 24.7 Å². The van der Waals surface area contributed by atoms with E-state index >= 15 is 4.39 Å². The van der Waals surface area contributed by atoms with Gasteiger partial charge in [-0.25, -0.2) is 4.39 Å². The predicted molar refractivity (Wildman–Crippen MR) is 125 cm³/mol. The number of rotatable bonds is 7. The van der Waals surface area contributed by atoms with Crippen LogP contribution >= 0.6 is 22.3 Å². The minimum atomic E-state index is -0.839. The van der Waals surface area contributed by atoms with Crippen LogP contribution in [0.1, 0.15) is 22.3 Å². The normalized spacial score (nSPS) is 11.9. The standard InChI is InChI=1S/C24H24ClFN2S/c1-16-7-4-5-9-19(16)11-17(2)28-21-14-23(26)22(24(15-21)29(3)27)13-18-8-6-10-20(25)12-18/h4-10,12,14-15,28H,2-3,11,13,27H2,1H3. The molecule has 150 valence electrons. The van der Waals surface area contributed by atoms with E-state index in [9.17, 15) is 0 Å². The lowest BCUT2D eigenvalue weighted by molar-refractivity contribution is 0.609. The van der Waals surface area contributed by atoms with Crippen molar-refractivity contribution in [2.24, 2.45) is 5.14 Å². The first-order chi connectivity index (χ1) is 13.8. The number of aryl methyl sites for hydroxylation is 1. The van der Waals surface area contributed by atoms with Crippen molar-refractivity contribution >= 4 is 33.8 Å². The Hall–Kier alpha value is -2.40. The van der Waals surface area contributed by atoms with Crippen LogP contribution in [-0.4, -0.2) is 5.87 Å². The van der Waals surface area contributed by atoms with Crippen molar-refractivity contribution in [3.63, 3.8) is 0 Å². The van der Waals surface area contributed by atoms with Gasteiger partial charge in [0.25, 0.3) is 0 Å². The lowest BCUT2D eigenvalue weighted by Gasteiger charge is -2.16. The summed E-state index contributed by atoms with van der Waals surface area (Å²) in [5.41, 5.74) is 5.25. The van der Waals surface area contributed by atoms with Gasteiger partial charge in [0.05, 0.1) is 0 Å². The molecule has 1 unspecified atom stereocenters. The molecule has 0 saturated carbocycles. The third-order valence-corrected chi connectivity index (χ3v) is 5.86. The van der Waals surface area contributed by atoms with E-state index in [1.165, 1.54) is 17.2 Å². The van der Waals surface area contributed by atoms with Crippen molar-refractivity contribution in [1.29, 1.82) is 0 Å². The van der Waals surface area contributed by atoms with Crippen molar-refractivity contribution in [3.8, 4) is 0 Å². The van der Waals surface area contributed by atoms with Gasteiger partial charge in [0.15, 0.2) is 0 Å². The molecule has 29 heavy (non-hydrogen) atoms. The minimum Gasteiger partial charge on any atom is -0.359 e. The summed E-state index contributed by atoms with van der Waals surface area (Å²) in [6.45, 7) is 6.16. The maximum atomic E-state index is 15.0. The summed E-state index contributed by atoms with van der Waals surface area (Å²) in [4.78, 5) is 0.691. The summed E-state index contributed by atoms with van der Waals surface area (Å²) < 4.78 is 15.0. The first-order valence-electron chi connectivity index (χ1n) is 9.18. The van der Waals surface area contributed by atoms with Gasteiger partial charge in [-0.15, -0.1) is 0 Å². The molecule has 3 aromatic carbocycles. The van der Waals surface area contributed by atoms with Crippen molar-refractivity contribution < 1.29 is 4.39 Å². The number of allylic oxidation sites excluding steroid dienone is 1. The fourth-order valence-corrected chi connectivity index (χ4v) is 4.20. The summed E-state index contributed by atoms with van der Waals surface area (Å²) in [7, 11) is -0.839. The van der Waals surface area contributed by atoms with Gasteiger partial charge in [-0.2, -0.15) is 0 Å². The third-order valence-electron chi connectivity index (χ3n) is 4.69. The SMILES string of the molecule is C=C(Cc1ccccc1C)Nc1cc(F)c(Cc2cccc(Cl)c2)c(S(=C)N)c1. The second-order valence-corrected chi connectivity index (χ2v) is 8.74. The van der Waals surface area contributed by atoms with Gasteiger partial charge < -0.3 is 5.32 Å². The monoisotopic (exact) mass is 426 g/mol. The largest absolute Gasteiger partial charge is 0.359 e. The molecule has 2 nitrogen and oxygen atoms in total. The van der Waals surface area contributed by atoms with E-state index in [0.717, 1.165) is 11.3 Å². The maximum Gasteiger partial charge on any atom is 0.129 e. The molecule has 0 aromatic heterocycles. The zero-order valence-corrected chi connectivity index (χ0v) is 17.9. The van der Waals surface area contributed by atoms with E-state index in [-0.39, 0.29) is 5.82 Å². The molecule has 5 heteroatoms. The van der Waals surface area contributed by atoms with E-state index in [1.54, 1.807) is 6.07 Å². The highest BCUT2D eigenvalue weighted by atomic mass is 35.5. The van der Waals surface area contributed by atoms with Crippen LogP contribution in [0, 0.1) is 12.7 Å². The van der Waals surface area contributed by atoms with Crippen molar-refractivity contribution in [2.75, 3.05) is 5.32 Å². The molecular weight excluding hydrogens is 403 g/mol. The van der Waals surface area contributed by atoms with E-state index < -0.39 is 10.7 Å². The van der Waals surface area contributed by atoms with E-state index in [0.29, 0.717) is 34.0 Å². The van der Waals surface area contributed by atoms with Crippen LogP contribution in [0.2, 0.25) is 5.02 Å². The fraction of sp³-hybridized carbons (Fsp3) is 0.125. The molecule has 3 N–H and O–H groups in total. The quantitative estimate of drug-likeness (QED) is 0.424. The molecule has 0 spiro atoms. The Morgan fingerprint density at radius 3 is 2.59 bits per heavy atom. The molecule has 3 rings (SSSR count). The lowest BCUT2D eigenvalue weighted by Crippen LogP contribution is -2.06. The molecule has 0 heterocycles. The average molecular weight is 427 g/mol. The number of benzene rings is 3. The van der Waals surface area contributed by atoms with Gasteiger partial charge in [-0.05, 0) is 47.9 Å². The van der Waals surface area contributed by atoms with Crippen LogP contribution in [0.15, 0.2) is 77.8 Å². The van der Waals surface area contributed by atoms with Gasteiger partial charge in [0.2, 0.25) is 0 Å².